The largest absolute Gasteiger partial charge is 0.469 e. The number of nitrogens with one attached hydrogen (secondary N) is 1. The van der Waals surface area contributed by atoms with Crippen LogP contribution in [-0.2, 0) is 19.7 Å². The van der Waals surface area contributed by atoms with Crippen LogP contribution in [0.2, 0.25) is 0 Å². The molecule has 1 atom stereocenters. The SMILES string of the molecule is COC(=O)C(C)(C)C(C)(C)NC(=O)C(C)(CO)c1ccccc1. The minimum absolute atomic E-state index is 0.336. The molecule has 128 valence electrons. The first-order valence-electron chi connectivity index (χ1n) is 7.60. The van der Waals surface area contributed by atoms with Gasteiger partial charge >= 0.3 is 5.97 Å². The Kier molecular flexibility index (Phi) is 5.59. The Morgan fingerprint density at radius 1 is 1.09 bits per heavy atom. The van der Waals surface area contributed by atoms with E-state index in [-0.39, 0.29) is 12.5 Å². The summed E-state index contributed by atoms with van der Waals surface area (Å²) in [4.78, 5) is 24.9. The van der Waals surface area contributed by atoms with Crippen LogP contribution in [0.1, 0.15) is 40.2 Å². The van der Waals surface area contributed by atoms with Crippen LogP contribution < -0.4 is 5.32 Å². The standard InChI is InChI=1S/C18H27NO4/c1-16(2,15(22)23-6)17(3,4)19-14(21)18(5,12-20)13-10-8-7-9-11-13/h7-11,20H,12H2,1-6H3,(H,19,21). The Bertz CT molecular complexity index is 566. The van der Waals surface area contributed by atoms with E-state index in [0.717, 1.165) is 0 Å². The molecule has 0 aliphatic heterocycles. The summed E-state index contributed by atoms with van der Waals surface area (Å²) >= 11 is 0. The van der Waals surface area contributed by atoms with E-state index in [2.05, 4.69) is 5.32 Å². The number of ether oxygens (including phenoxy) is 1. The number of carbonyl (C=O) groups is 2. The lowest BCUT2D eigenvalue weighted by atomic mass is 9.73. The van der Waals surface area contributed by atoms with Gasteiger partial charge in [-0.1, -0.05) is 30.3 Å². The van der Waals surface area contributed by atoms with E-state index in [1.54, 1.807) is 46.8 Å². The van der Waals surface area contributed by atoms with Crippen molar-refractivity contribution in [1.82, 2.24) is 5.32 Å². The fourth-order valence-electron chi connectivity index (χ4n) is 2.19. The minimum atomic E-state index is -1.09. The van der Waals surface area contributed by atoms with Crippen molar-refractivity contribution < 1.29 is 19.4 Å². The van der Waals surface area contributed by atoms with Crippen LogP contribution in [0.5, 0.6) is 0 Å². The van der Waals surface area contributed by atoms with E-state index < -0.39 is 22.3 Å². The van der Waals surface area contributed by atoms with E-state index in [1.165, 1.54) is 7.11 Å². The maximum Gasteiger partial charge on any atom is 0.313 e. The number of benzene rings is 1. The predicted molar refractivity (Wildman–Crippen MR) is 88.9 cm³/mol. The average molecular weight is 321 g/mol. The lowest BCUT2D eigenvalue weighted by Crippen LogP contribution is -2.61. The first-order chi connectivity index (χ1) is 10.5. The Balaban J connectivity index is 3.11. The van der Waals surface area contributed by atoms with E-state index in [9.17, 15) is 14.7 Å². The number of carbonyl (C=O) groups excluding carboxylic acids is 2. The number of hydrogen-bond acceptors (Lipinski definition) is 4. The number of esters is 1. The summed E-state index contributed by atoms with van der Waals surface area (Å²) < 4.78 is 4.84. The molecule has 0 saturated heterocycles. The molecule has 23 heavy (non-hydrogen) atoms. The maximum absolute atomic E-state index is 12.8. The van der Waals surface area contributed by atoms with Crippen molar-refractivity contribution in [2.75, 3.05) is 13.7 Å². The number of rotatable bonds is 6. The summed E-state index contributed by atoms with van der Waals surface area (Å²) in [5, 5.41) is 12.7. The zero-order valence-electron chi connectivity index (χ0n) is 14.8. The van der Waals surface area contributed by atoms with Crippen LogP contribution in [-0.4, -0.2) is 36.2 Å². The quantitative estimate of drug-likeness (QED) is 0.786. The molecular formula is C18H27NO4. The van der Waals surface area contributed by atoms with Gasteiger partial charge in [0.25, 0.3) is 0 Å². The highest BCUT2D eigenvalue weighted by Crippen LogP contribution is 2.33. The minimum Gasteiger partial charge on any atom is -0.469 e. The van der Waals surface area contributed by atoms with Crippen LogP contribution in [0.3, 0.4) is 0 Å². The second kappa shape index (κ2) is 6.71. The monoisotopic (exact) mass is 321 g/mol. The van der Waals surface area contributed by atoms with Crippen molar-refractivity contribution in [3.63, 3.8) is 0 Å². The molecule has 1 rings (SSSR count). The van der Waals surface area contributed by atoms with Gasteiger partial charge < -0.3 is 15.2 Å². The third-order valence-electron chi connectivity index (χ3n) is 4.91. The summed E-state index contributed by atoms with van der Waals surface area (Å²) in [6.45, 7) is 8.32. The first-order valence-corrected chi connectivity index (χ1v) is 7.60. The highest BCUT2D eigenvalue weighted by molar-refractivity contribution is 5.89. The van der Waals surface area contributed by atoms with E-state index in [1.807, 2.05) is 18.2 Å². The first kappa shape index (κ1) is 19.2. The fraction of sp³-hybridized carbons (Fsp3) is 0.556. The summed E-state index contributed by atoms with van der Waals surface area (Å²) in [5.74, 6) is -0.749. The van der Waals surface area contributed by atoms with Gasteiger partial charge in [-0.3, -0.25) is 9.59 Å². The molecule has 0 radical (unpaired) electrons. The number of methoxy groups -OCH3 is 1. The van der Waals surface area contributed by atoms with Crippen LogP contribution in [0.4, 0.5) is 0 Å². The molecule has 1 aromatic carbocycles. The molecule has 5 nitrogen and oxygen atoms in total. The highest BCUT2D eigenvalue weighted by atomic mass is 16.5. The molecule has 0 aliphatic carbocycles. The van der Waals surface area contributed by atoms with Gasteiger partial charge in [0, 0.05) is 5.54 Å². The van der Waals surface area contributed by atoms with E-state index in [0.29, 0.717) is 5.56 Å². The van der Waals surface area contributed by atoms with Gasteiger partial charge in [0.05, 0.1) is 24.5 Å². The zero-order valence-corrected chi connectivity index (χ0v) is 14.8. The van der Waals surface area contributed by atoms with E-state index >= 15 is 0 Å². The lowest BCUT2D eigenvalue weighted by molar-refractivity contribution is -0.156. The molecule has 0 heterocycles. The molecule has 0 fully saturated rings. The van der Waals surface area contributed by atoms with Crippen LogP contribution in [0.25, 0.3) is 0 Å². The highest BCUT2D eigenvalue weighted by Gasteiger charge is 2.47. The smallest absolute Gasteiger partial charge is 0.313 e. The molecule has 2 N–H and O–H groups in total. The predicted octanol–water partition coefficient (Wildman–Crippen LogP) is 2.03. The molecule has 0 aliphatic rings. The fourth-order valence-corrected chi connectivity index (χ4v) is 2.19. The Morgan fingerprint density at radius 2 is 1.61 bits per heavy atom. The van der Waals surface area contributed by atoms with Crippen molar-refractivity contribution in [1.29, 1.82) is 0 Å². The van der Waals surface area contributed by atoms with Crippen molar-refractivity contribution >= 4 is 11.9 Å². The normalized spacial score (nSPS) is 14.7. The van der Waals surface area contributed by atoms with Crippen molar-refractivity contribution in [2.45, 2.75) is 45.6 Å². The van der Waals surface area contributed by atoms with Crippen molar-refractivity contribution in [3.05, 3.63) is 35.9 Å². The van der Waals surface area contributed by atoms with Crippen molar-refractivity contribution in [3.8, 4) is 0 Å². The number of aliphatic hydroxyl groups excluding tert-OH is 1. The Hall–Kier alpha value is -1.88. The van der Waals surface area contributed by atoms with Gasteiger partial charge in [0.2, 0.25) is 5.91 Å². The molecule has 5 heteroatoms. The number of aliphatic hydroxyl groups is 1. The Morgan fingerprint density at radius 3 is 2.04 bits per heavy atom. The summed E-state index contributed by atoms with van der Waals surface area (Å²) in [5.41, 5.74) is -2.16. The van der Waals surface area contributed by atoms with Gasteiger partial charge in [-0.05, 0) is 40.2 Å². The summed E-state index contributed by atoms with van der Waals surface area (Å²) in [6, 6.07) is 9.09. The zero-order chi connectivity index (χ0) is 17.9. The van der Waals surface area contributed by atoms with Gasteiger partial charge in [0.1, 0.15) is 0 Å². The molecule has 1 aromatic rings. The Labute approximate surface area is 138 Å². The van der Waals surface area contributed by atoms with Gasteiger partial charge in [0.15, 0.2) is 0 Å². The topological polar surface area (TPSA) is 75.6 Å². The van der Waals surface area contributed by atoms with Crippen LogP contribution in [0.15, 0.2) is 30.3 Å². The van der Waals surface area contributed by atoms with Crippen molar-refractivity contribution in [2.24, 2.45) is 5.41 Å². The lowest BCUT2D eigenvalue weighted by Gasteiger charge is -2.42. The maximum atomic E-state index is 12.8. The van der Waals surface area contributed by atoms with Crippen LogP contribution >= 0.6 is 0 Å². The number of hydrogen-bond donors (Lipinski definition) is 2. The van der Waals surface area contributed by atoms with E-state index in [4.69, 9.17) is 4.74 Å². The summed E-state index contributed by atoms with van der Waals surface area (Å²) in [6.07, 6.45) is 0. The molecular weight excluding hydrogens is 294 g/mol. The molecule has 0 bridgehead atoms. The molecule has 0 spiro atoms. The third-order valence-corrected chi connectivity index (χ3v) is 4.91. The second-order valence-electron chi connectivity index (χ2n) is 7.05. The molecule has 1 unspecified atom stereocenters. The number of amides is 1. The average Bonchev–Trinajstić information content (AvgIpc) is 2.53. The van der Waals surface area contributed by atoms with Crippen LogP contribution in [0, 0.1) is 5.41 Å². The molecule has 1 amide bonds. The van der Waals surface area contributed by atoms with Gasteiger partial charge in [-0.25, -0.2) is 0 Å². The van der Waals surface area contributed by atoms with Gasteiger partial charge in [-0.15, -0.1) is 0 Å². The van der Waals surface area contributed by atoms with Gasteiger partial charge in [-0.2, -0.15) is 0 Å². The second-order valence-corrected chi connectivity index (χ2v) is 7.05. The summed E-state index contributed by atoms with van der Waals surface area (Å²) in [7, 11) is 1.32. The third kappa shape index (κ3) is 3.55. The molecule has 0 saturated carbocycles. The molecule has 0 aromatic heterocycles.